The van der Waals surface area contributed by atoms with Gasteiger partial charge < -0.3 is 0 Å². The summed E-state index contributed by atoms with van der Waals surface area (Å²) < 4.78 is 124. The average Bonchev–Trinajstić information content (AvgIpc) is 0.773. The zero-order valence-corrected chi connectivity index (χ0v) is 54.2. The maximum atomic E-state index is 7.75. The van der Waals surface area contributed by atoms with Crippen molar-refractivity contribution < 1.29 is 43.4 Å². The maximum Gasteiger partial charge on any atom is 0.212 e. The lowest BCUT2D eigenvalue weighted by Gasteiger charge is -2.09. The molecular weight excluding hydrogens is 1030 g/mol. The summed E-state index contributed by atoms with van der Waals surface area (Å²) in [4.78, 5) is 0. The maximum absolute atomic E-state index is 7.75. The van der Waals surface area contributed by atoms with E-state index < -0.39 is 34.3 Å². The fourth-order valence-corrected chi connectivity index (χ4v) is 10.4. The van der Waals surface area contributed by atoms with Crippen molar-refractivity contribution in [3.63, 3.8) is 0 Å². The molecular formula is C80H100N5+5. The van der Waals surface area contributed by atoms with Crippen molar-refractivity contribution in [3.8, 4) is 56.3 Å². The van der Waals surface area contributed by atoms with Crippen molar-refractivity contribution in [2.45, 2.75) is 138 Å². The van der Waals surface area contributed by atoms with Crippen molar-refractivity contribution >= 4 is 0 Å². The summed E-state index contributed by atoms with van der Waals surface area (Å²) in [6.45, 7) is 19.5. The first-order valence-electron chi connectivity index (χ1n) is 36.5. The molecule has 0 aliphatic rings. The van der Waals surface area contributed by atoms with Gasteiger partial charge in [0.2, 0.25) is 28.5 Å². The minimum atomic E-state index is -2.51. The van der Waals surface area contributed by atoms with Crippen LogP contribution in [0.25, 0.3) is 56.3 Å². The summed E-state index contributed by atoms with van der Waals surface area (Å²) in [7, 11) is 9.61. The van der Waals surface area contributed by atoms with Crippen LogP contribution in [0.5, 0.6) is 0 Å². The predicted molar refractivity (Wildman–Crippen MR) is 360 cm³/mol. The van der Waals surface area contributed by atoms with Crippen molar-refractivity contribution in [3.05, 3.63) is 264 Å². The molecule has 10 aromatic rings. The van der Waals surface area contributed by atoms with E-state index >= 15 is 0 Å². The van der Waals surface area contributed by atoms with Gasteiger partial charge in [-0.25, -0.2) is 0 Å². The van der Waals surface area contributed by atoms with E-state index in [9.17, 15) is 0 Å². The van der Waals surface area contributed by atoms with Crippen LogP contribution in [0.3, 0.4) is 0 Å². The van der Waals surface area contributed by atoms with Gasteiger partial charge in [-0.15, -0.1) is 0 Å². The smallest absolute Gasteiger partial charge is 0.198 e. The van der Waals surface area contributed by atoms with Crippen molar-refractivity contribution in [2.24, 2.45) is 35.2 Å². The van der Waals surface area contributed by atoms with Crippen LogP contribution in [0.15, 0.2) is 152 Å². The second-order valence-corrected chi connectivity index (χ2v) is 22.9. The van der Waals surface area contributed by atoms with Gasteiger partial charge >= 0.3 is 0 Å². The third-order valence-corrected chi connectivity index (χ3v) is 16.9. The SMILES string of the molecule is Cc1ccc(-c2ccc(C)c(C)[n+]2C)c(C)c1.Cc1ccc(C)c(-c2ccc(C)c(C)[n+]2C)c1.[2H]C([2H])([2H])c1ccc(-c2cc(C)ccc2C)[n+](C)c1C.[2H]C([2H])([2H])c1ccc(-c2ccc(C([2H])([2H])[2H])c(C)[n+]2C)c(C)c1.[2H]C([2H])([2H])c1ccc(-c2cccc(C)c2C)[n+](C)c1C([2H])([2H])[2H]. The lowest BCUT2D eigenvalue weighted by Crippen LogP contribution is -2.35. The molecule has 0 fully saturated rings. The fourth-order valence-electron chi connectivity index (χ4n) is 10.4. The predicted octanol–water partition coefficient (Wildman–Crippen LogP) is 17.1. The summed E-state index contributed by atoms with van der Waals surface area (Å²) in [5.41, 5.74) is 28.9. The van der Waals surface area contributed by atoms with Gasteiger partial charge in [0.25, 0.3) is 0 Å². The van der Waals surface area contributed by atoms with Crippen LogP contribution >= 0.6 is 0 Å². The number of aromatic nitrogens is 5. The second-order valence-electron chi connectivity index (χ2n) is 22.9. The molecule has 0 atom stereocenters. The van der Waals surface area contributed by atoms with E-state index in [1.54, 1.807) is 56.4 Å². The van der Waals surface area contributed by atoms with Crippen LogP contribution in [0.1, 0.15) is 132 Å². The summed E-state index contributed by atoms with van der Waals surface area (Å²) in [5, 5.41) is 0. The third kappa shape index (κ3) is 15.6. The number of hydrogen-bond acceptors (Lipinski definition) is 0. The molecule has 5 aromatic carbocycles. The Balaban J connectivity index is 0.000000198. The minimum absolute atomic E-state index is 0.131. The zero-order valence-electron chi connectivity index (χ0n) is 69.2. The molecule has 0 saturated carbocycles. The quantitative estimate of drug-likeness (QED) is 0.153. The zero-order chi connectivity index (χ0) is 75.4. The van der Waals surface area contributed by atoms with Gasteiger partial charge in [0.1, 0.15) is 35.2 Å². The van der Waals surface area contributed by atoms with E-state index in [2.05, 4.69) is 171 Å². The summed E-state index contributed by atoms with van der Waals surface area (Å²) >= 11 is 0. The Kier molecular flexibility index (Phi) is 15.9. The first kappa shape index (κ1) is 47.1. The first-order chi connectivity index (χ1) is 46.1. The topological polar surface area (TPSA) is 19.4 Å². The molecule has 5 heteroatoms. The molecule has 0 amide bonds. The average molecular weight is 1150 g/mol. The highest BCUT2D eigenvalue weighted by Crippen LogP contribution is 2.27. The largest absolute Gasteiger partial charge is 0.212 e. The van der Waals surface area contributed by atoms with E-state index in [1.165, 1.54) is 89.0 Å². The van der Waals surface area contributed by atoms with E-state index in [-0.39, 0.29) is 11.3 Å². The molecule has 0 saturated heterocycles. The Bertz CT molecular complexity index is 4650. The van der Waals surface area contributed by atoms with E-state index in [0.717, 1.165) is 50.5 Å². The Labute approximate surface area is 534 Å². The molecule has 10 rings (SSSR count). The van der Waals surface area contributed by atoms with Gasteiger partial charge in [-0.05, 0) is 198 Å². The standard InChI is InChI=1S/5C16H20N/c2*1-11-6-8-15(13(3)10-11)16-9-7-12(2)14(4)17(16)5;2*1-11-6-7-13(3)15(10-11)16-9-8-12(2)14(4)17(16)5;1-11-7-6-8-15(13(11)3)16-10-9-12(2)14(4)17(16)5/h5*6-10H,1-5H3/q5*+1/i1D3,2D3;;2D3;;2D3,4D3. The first-order valence-corrected chi connectivity index (χ1v) is 29.0. The summed E-state index contributed by atoms with van der Waals surface area (Å²) in [5.74, 6) is 0. The molecule has 0 N–H and O–H groups in total. The molecule has 5 heterocycles. The van der Waals surface area contributed by atoms with Crippen LogP contribution in [0, 0.1) is 138 Å². The monoisotopic (exact) mass is 1150 g/mol. The minimum Gasteiger partial charge on any atom is -0.198 e. The second kappa shape index (κ2) is 28.6. The normalized spacial score (nSPS) is 14.0. The lowest BCUT2D eigenvalue weighted by atomic mass is 9.99. The molecule has 0 aliphatic carbocycles. The fraction of sp³-hybridized carbons (Fsp3) is 0.312. The van der Waals surface area contributed by atoms with Gasteiger partial charge in [-0.2, -0.15) is 22.8 Å². The molecule has 0 bridgehead atoms. The molecule has 0 unspecified atom stereocenters. The van der Waals surface area contributed by atoms with E-state index in [1.807, 2.05) is 75.2 Å². The lowest BCUT2D eigenvalue weighted by molar-refractivity contribution is -0.667. The molecule has 0 spiro atoms. The molecule has 0 aliphatic heterocycles. The molecule has 5 nitrogen and oxygen atoms in total. The number of rotatable bonds is 5. The van der Waals surface area contributed by atoms with E-state index in [0.29, 0.717) is 28.1 Å². The van der Waals surface area contributed by atoms with Crippen LogP contribution in [-0.4, -0.2) is 0 Å². The Hall–Kier alpha value is -8.15. The molecule has 85 heavy (non-hydrogen) atoms. The van der Waals surface area contributed by atoms with Crippen molar-refractivity contribution in [1.29, 1.82) is 0 Å². The Morgan fingerprint density at radius 1 is 0.224 bits per heavy atom. The Morgan fingerprint density at radius 2 is 0.541 bits per heavy atom. The van der Waals surface area contributed by atoms with Gasteiger partial charge in [0, 0.05) is 141 Å². The Morgan fingerprint density at radius 3 is 0.941 bits per heavy atom. The van der Waals surface area contributed by atoms with E-state index in [4.69, 9.17) is 20.6 Å². The molecule has 5 aromatic heterocycles. The van der Waals surface area contributed by atoms with Gasteiger partial charge in [-0.3, -0.25) is 0 Å². The van der Waals surface area contributed by atoms with Crippen LogP contribution < -0.4 is 22.8 Å². The molecule has 0 radical (unpaired) electrons. The van der Waals surface area contributed by atoms with Crippen LogP contribution in [0.4, 0.5) is 0 Å². The highest BCUT2D eigenvalue weighted by atomic mass is 15.0. The van der Waals surface area contributed by atoms with Gasteiger partial charge in [0.05, 0.1) is 0 Å². The third-order valence-electron chi connectivity index (χ3n) is 16.9. The van der Waals surface area contributed by atoms with Gasteiger partial charge in [-0.1, -0.05) is 82.9 Å². The summed E-state index contributed by atoms with van der Waals surface area (Å²) in [6.07, 6.45) is 0. The van der Waals surface area contributed by atoms with Gasteiger partial charge in [0.15, 0.2) is 28.5 Å². The summed E-state index contributed by atoms with van der Waals surface area (Å²) in [6, 6.07) is 49.3. The number of aryl methyl sites for hydroxylation is 14. The van der Waals surface area contributed by atoms with Crippen LogP contribution in [0.2, 0.25) is 0 Å². The van der Waals surface area contributed by atoms with Crippen molar-refractivity contribution in [1.82, 2.24) is 0 Å². The number of nitrogens with zero attached hydrogens (tertiary/aromatic N) is 5. The van der Waals surface area contributed by atoms with Crippen molar-refractivity contribution in [2.75, 3.05) is 0 Å². The highest BCUT2D eigenvalue weighted by Gasteiger charge is 2.21. The number of benzene rings is 5. The van der Waals surface area contributed by atoms with Crippen LogP contribution in [-0.2, 0) is 35.2 Å². The molecule has 440 valence electrons. The number of hydrogen-bond donors (Lipinski definition) is 0. The highest BCUT2D eigenvalue weighted by molar-refractivity contribution is 5.66. The number of pyridine rings is 5.